The van der Waals surface area contributed by atoms with Gasteiger partial charge >= 0.3 is 6.18 Å². The summed E-state index contributed by atoms with van der Waals surface area (Å²) in [6, 6.07) is 4.45. The zero-order valence-electron chi connectivity index (χ0n) is 11.5. The molecule has 0 spiro atoms. The van der Waals surface area contributed by atoms with E-state index in [1.807, 2.05) is 0 Å². The van der Waals surface area contributed by atoms with Crippen molar-refractivity contribution in [3.8, 4) is 0 Å². The van der Waals surface area contributed by atoms with Crippen LogP contribution in [-0.4, -0.2) is 23.2 Å². The van der Waals surface area contributed by atoms with E-state index in [1.54, 1.807) is 0 Å². The van der Waals surface area contributed by atoms with Crippen molar-refractivity contribution >= 4 is 5.91 Å². The normalized spacial score (nSPS) is 22.9. The number of nitrogens with one attached hydrogen (secondary N) is 1. The Balaban J connectivity index is 1.96. The van der Waals surface area contributed by atoms with E-state index in [0.29, 0.717) is 18.4 Å². The molecule has 1 fully saturated rings. The number of hydrogen-bond acceptors (Lipinski definition) is 2. The largest absolute Gasteiger partial charge is 0.416 e. The Kier molecular flexibility index (Phi) is 4.88. The molecule has 0 aliphatic heterocycles. The number of carbonyl (C=O) groups excluding carboxylic acids is 1. The van der Waals surface area contributed by atoms with Crippen LogP contribution in [0, 0.1) is 0 Å². The van der Waals surface area contributed by atoms with Gasteiger partial charge in [0.25, 0.3) is 0 Å². The fourth-order valence-electron chi connectivity index (χ4n) is 2.58. The lowest BCUT2D eigenvalue weighted by molar-refractivity contribution is -0.137. The van der Waals surface area contributed by atoms with Crippen LogP contribution in [0.4, 0.5) is 13.2 Å². The molecule has 116 valence electrons. The highest BCUT2D eigenvalue weighted by Crippen LogP contribution is 2.29. The van der Waals surface area contributed by atoms with Crippen LogP contribution < -0.4 is 5.32 Å². The summed E-state index contributed by atoms with van der Waals surface area (Å²) in [4.78, 5) is 11.9. The number of rotatable bonds is 3. The topological polar surface area (TPSA) is 49.3 Å². The van der Waals surface area contributed by atoms with E-state index >= 15 is 0 Å². The molecule has 0 radical (unpaired) electrons. The molecule has 2 N–H and O–H groups in total. The van der Waals surface area contributed by atoms with Crippen LogP contribution in [0.15, 0.2) is 24.3 Å². The molecule has 1 saturated carbocycles. The number of amides is 1. The van der Waals surface area contributed by atoms with Crippen LogP contribution in [0.3, 0.4) is 0 Å². The zero-order valence-corrected chi connectivity index (χ0v) is 11.5. The zero-order chi connectivity index (χ0) is 15.5. The van der Waals surface area contributed by atoms with Gasteiger partial charge in [-0.3, -0.25) is 4.79 Å². The summed E-state index contributed by atoms with van der Waals surface area (Å²) in [5, 5.41) is 12.5. The van der Waals surface area contributed by atoms with Crippen LogP contribution in [-0.2, 0) is 17.4 Å². The van der Waals surface area contributed by atoms with Crippen molar-refractivity contribution < 1.29 is 23.1 Å². The van der Waals surface area contributed by atoms with E-state index in [4.69, 9.17) is 0 Å². The molecule has 0 bridgehead atoms. The highest BCUT2D eigenvalue weighted by atomic mass is 19.4. The van der Waals surface area contributed by atoms with E-state index in [2.05, 4.69) is 5.32 Å². The van der Waals surface area contributed by atoms with Crippen LogP contribution in [0.25, 0.3) is 0 Å². The molecule has 2 atom stereocenters. The van der Waals surface area contributed by atoms with Gasteiger partial charge in [-0.25, -0.2) is 0 Å². The average molecular weight is 301 g/mol. The van der Waals surface area contributed by atoms with Crippen molar-refractivity contribution in [2.75, 3.05) is 0 Å². The molecule has 1 aromatic carbocycles. The van der Waals surface area contributed by atoms with E-state index in [-0.39, 0.29) is 18.4 Å². The highest BCUT2D eigenvalue weighted by Gasteiger charge is 2.30. The van der Waals surface area contributed by atoms with Crippen molar-refractivity contribution in [1.82, 2.24) is 5.32 Å². The molecule has 1 amide bonds. The number of halogens is 3. The first kappa shape index (κ1) is 15.8. The van der Waals surface area contributed by atoms with Gasteiger partial charge in [0.05, 0.1) is 24.1 Å². The Morgan fingerprint density at radius 1 is 1.29 bits per heavy atom. The predicted molar refractivity (Wildman–Crippen MR) is 71.6 cm³/mol. The van der Waals surface area contributed by atoms with Gasteiger partial charge in [-0.1, -0.05) is 31.0 Å². The fraction of sp³-hybridized carbons (Fsp3) is 0.533. The van der Waals surface area contributed by atoms with Gasteiger partial charge in [0, 0.05) is 0 Å². The fourth-order valence-corrected chi connectivity index (χ4v) is 2.58. The minimum Gasteiger partial charge on any atom is -0.391 e. The van der Waals surface area contributed by atoms with E-state index in [9.17, 15) is 23.1 Å². The Morgan fingerprint density at radius 3 is 2.67 bits per heavy atom. The summed E-state index contributed by atoms with van der Waals surface area (Å²) in [5.74, 6) is -0.361. The summed E-state index contributed by atoms with van der Waals surface area (Å²) in [6.07, 6.45) is -1.88. The lowest BCUT2D eigenvalue weighted by atomic mass is 9.92. The van der Waals surface area contributed by atoms with Crippen LogP contribution in [0.1, 0.15) is 36.8 Å². The standard InChI is InChI=1S/C15H18F3NO2/c16-15(17,18)11-5-3-4-10(8-11)9-14(21)19-12-6-1-2-7-13(12)20/h3-5,8,12-13,20H,1-2,6-7,9H2,(H,19,21)/t12-,13-/m1/s1. The number of carbonyl (C=O) groups is 1. The van der Waals surface area contributed by atoms with Gasteiger partial charge in [0.2, 0.25) is 5.91 Å². The minimum atomic E-state index is -4.41. The summed E-state index contributed by atoms with van der Waals surface area (Å²) in [5.41, 5.74) is -0.446. The molecule has 1 aromatic rings. The lowest BCUT2D eigenvalue weighted by Gasteiger charge is -2.28. The molecule has 0 aromatic heterocycles. The lowest BCUT2D eigenvalue weighted by Crippen LogP contribution is -2.45. The number of benzene rings is 1. The highest BCUT2D eigenvalue weighted by molar-refractivity contribution is 5.79. The van der Waals surface area contributed by atoms with Crippen molar-refractivity contribution in [2.24, 2.45) is 0 Å². The Hall–Kier alpha value is -1.56. The monoisotopic (exact) mass is 301 g/mol. The molecule has 0 unspecified atom stereocenters. The van der Waals surface area contributed by atoms with E-state index in [0.717, 1.165) is 25.0 Å². The third kappa shape index (κ3) is 4.46. The Bertz CT molecular complexity index is 502. The first-order chi connectivity index (χ1) is 9.86. The number of hydrogen-bond donors (Lipinski definition) is 2. The Morgan fingerprint density at radius 2 is 2.00 bits per heavy atom. The second-order valence-corrected chi connectivity index (χ2v) is 5.40. The van der Waals surface area contributed by atoms with Crippen molar-refractivity contribution in [2.45, 2.75) is 50.4 Å². The quantitative estimate of drug-likeness (QED) is 0.902. The Labute approximate surface area is 121 Å². The first-order valence-electron chi connectivity index (χ1n) is 7.00. The van der Waals surface area contributed by atoms with Crippen LogP contribution in [0.5, 0.6) is 0 Å². The van der Waals surface area contributed by atoms with Gasteiger partial charge in [0.15, 0.2) is 0 Å². The number of aliphatic hydroxyl groups is 1. The van der Waals surface area contributed by atoms with Gasteiger partial charge in [-0.2, -0.15) is 13.2 Å². The molecular weight excluding hydrogens is 283 g/mol. The van der Waals surface area contributed by atoms with Gasteiger partial charge in [-0.15, -0.1) is 0 Å². The molecular formula is C15H18F3NO2. The first-order valence-corrected chi connectivity index (χ1v) is 7.00. The third-order valence-electron chi connectivity index (χ3n) is 3.69. The molecule has 1 aliphatic carbocycles. The minimum absolute atomic E-state index is 0.118. The van der Waals surface area contributed by atoms with Gasteiger partial charge < -0.3 is 10.4 Å². The smallest absolute Gasteiger partial charge is 0.391 e. The average Bonchev–Trinajstić information content (AvgIpc) is 2.41. The third-order valence-corrected chi connectivity index (χ3v) is 3.69. The maximum absolute atomic E-state index is 12.6. The molecule has 6 heteroatoms. The van der Waals surface area contributed by atoms with Crippen LogP contribution >= 0.6 is 0 Å². The maximum atomic E-state index is 12.6. The summed E-state index contributed by atoms with van der Waals surface area (Å²) >= 11 is 0. The van der Waals surface area contributed by atoms with Crippen molar-refractivity contribution in [3.05, 3.63) is 35.4 Å². The SMILES string of the molecule is O=C(Cc1cccc(C(F)(F)F)c1)N[C@@H]1CCCC[C@H]1O. The molecule has 3 nitrogen and oxygen atoms in total. The maximum Gasteiger partial charge on any atom is 0.416 e. The van der Waals surface area contributed by atoms with E-state index in [1.165, 1.54) is 12.1 Å². The number of aliphatic hydroxyl groups excluding tert-OH is 1. The molecule has 0 heterocycles. The second-order valence-electron chi connectivity index (χ2n) is 5.40. The van der Waals surface area contributed by atoms with Crippen molar-refractivity contribution in [1.29, 1.82) is 0 Å². The molecule has 21 heavy (non-hydrogen) atoms. The summed E-state index contributed by atoms with van der Waals surface area (Å²) < 4.78 is 37.8. The molecule has 1 aliphatic rings. The molecule has 0 saturated heterocycles. The van der Waals surface area contributed by atoms with Crippen molar-refractivity contribution in [3.63, 3.8) is 0 Å². The summed E-state index contributed by atoms with van der Waals surface area (Å²) in [7, 11) is 0. The molecule has 2 rings (SSSR count). The van der Waals surface area contributed by atoms with Gasteiger partial charge in [-0.05, 0) is 24.5 Å². The van der Waals surface area contributed by atoms with E-state index < -0.39 is 17.8 Å². The number of alkyl halides is 3. The van der Waals surface area contributed by atoms with Crippen LogP contribution in [0.2, 0.25) is 0 Å². The summed E-state index contributed by atoms with van der Waals surface area (Å²) in [6.45, 7) is 0. The van der Waals surface area contributed by atoms with Gasteiger partial charge in [0.1, 0.15) is 0 Å². The second kappa shape index (κ2) is 6.47. The predicted octanol–water partition coefficient (Wildman–Crippen LogP) is 2.67.